The summed E-state index contributed by atoms with van der Waals surface area (Å²) in [6, 6.07) is 21.9. The number of anilines is 4. The zero-order valence-corrected chi connectivity index (χ0v) is 40.2. The number of halogens is 1. The Kier molecular flexibility index (Phi) is 12.2. The van der Waals surface area contributed by atoms with Crippen LogP contribution in [0, 0.1) is 22.5 Å². The maximum atomic E-state index is 15.4. The Morgan fingerprint density at radius 2 is 1.76 bits per heavy atom. The molecule has 0 unspecified atom stereocenters. The van der Waals surface area contributed by atoms with Gasteiger partial charge in [-0.15, -0.1) is 0 Å². The fourth-order valence-electron chi connectivity index (χ4n) is 12.1. The highest BCUT2D eigenvalue weighted by Gasteiger charge is 2.51. The predicted octanol–water partition coefficient (Wildman–Crippen LogP) is 7.73. The van der Waals surface area contributed by atoms with Crippen molar-refractivity contribution in [2.75, 3.05) is 74.4 Å². The lowest BCUT2D eigenvalue weighted by atomic mass is 9.58. The summed E-state index contributed by atoms with van der Waals surface area (Å²) in [5.41, 5.74) is 3.26. The van der Waals surface area contributed by atoms with Gasteiger partial charge < -0.3 is 39.0 Å². The lowest BCUT2D eigenvalue weighted by molar-refractivity contribution is -0.384. The highest BCUT2D eigenvalue weighted by Crippen LogP contribution is 2.55. The standard InChI is InChI=1S/C51H59FN8O9S/c1-32-5-3-4-6-38(32)45-29-68-22-18-58(45)36-27-50(28-36)13-17-57(33(2)26-50)35-7-9-39(42(24-35)59-41-12-19-67-30-46(41)69-49-44(59)23-34-11-16-53-47(34)55-49)48(61)56-70(64,65)37-8-10-40(43(25-37)60(62)63)54-31-51(52)14-20-66-21-15-51/h3-11,16,23-25,33,36,41,45-46,54H,12-15,17-22,26-31H2,1-2H3,(H,53,55)(H,56,61)/t33-,36?,41-,45-,46-,50?/m0/s1. The molecule has 370 valence electrons. The molecule has 1 spiro atoms. The average molecular weight is 979 g/mol. The number of H-pyrrole nitrogens is 1. The van der Waals surface area contributed by atoms with E-state index in [1.807, 2.05) is 24.3 Å². The number of ether oxygens (including phenoxy) is 4. The number of benzene rings is 3. The van der Waals surface area contributed by atoms with Crippen molar-refractivity contribution >= 4 is 55.4 Å². The molecule has 5 aromatic rings. The zero-order chi connectivity index (χ0) is 48.4. The van der Waals surface area contributed by atoms with E-state index in [-0.39, 0.29) is 74.0 Å². The molecule has 3 aromatic carbocycles. The third kappa shape index (κ3) is 8.73. The fourth-order valence-corrected chi connectivity index (χ4v) is 13.0. The van der Waals surface area contributed by atoms with Gasteiger partial charge in [-0.25, -0.2) is 17.5 Å². The molecular formula is C51H59FN8O9S. The molecule has 4 saturated heterocycles. The minimum absolute atomic E-state index is 0.0438. The molecule has 4 atom stereocenters. The first-order chi connectivity index (χ1) is 33.8. The first-order valence-corrected chi connectivity index (χ1v) is 25.9. The largest absolute Gasteiger partial charge is 0.468 e. The van der Waals surface area contributed by atoms with Crippen LogP contribution in [0.5, 0.6) is 5.88 Å². The number of aromatic nitrogens is 2. The van der Waals surface area contributed by atoms with Crippen LogP contribution in [0.1, 0.15) is 79.4 Å². The molecule has 11 rings (SSSR count). The lowest BCUT2D eigenvalue weighted by Gasteiger charge is -2.59. The van der Waals surface area contributed by atoms with E-state index in [1.54, 1.807) is 12.3 Å². The molecule has 1 amide bonds. The van der Waals surface area contributed by atoms with Crippen molar-refractivity contribution in [3.05, 3.63) is 106 Å². The molecule has 6 aliphatic rings. The summed E-state index contributed by atoms with van der Waals surface area (Å²) in [5, 5.41) is 15.9. The number of nitrogens with zero attached hydrogens (tertiary/aromatic N) is 5. The van der Waals surface area contributed by atoms with E-state index < -0.39 is 43.2 Å². The Balaban J connectivity index is 0.892. The number of hydrogen-bond donors (Lipinski definition) is 3. The van der Waals surface area contributed by atoms with E-state index in [4.69, 9.17) is 23.9 Å². The Labute approximate surface area is 406 Å². The van der Waals surface area contributed by atoms with E-state index >= 15 is 4.39 Å². The zero-order valence-electron chi connectivity index (χ0n) is 39.4. The molecule has 19 heteroatoms. The number of carbonyl (C=O) groups excluding carboxylic acids is 1. The van der Waals surface area contributed by atoms with Gasteiger partial charge in [-0.3, -0.25) is 19.8 Å². The second-order valence-electron chi connectivity index (χ2n) is 20.1. The van der Waals surface area contributed by atoms with Gasteiger partial charge in [0.1, 0.15) is 28.8 Å². The van der Waals surface area contributed by atoms with E-state index in [0.29, 0.717) is 48.6 Å². The van der Waals surface area contributed by atoms with Gasteiger partial charge in [0.05, 0.1) is 53.0 Å². The number of morpholine rings is 1. The van der Waals surface area contributed by atoms with Crippen LogP contribution < -0.4 is 24.6 Å². The number of rotatable bonds is 11. The summed E-state index contributed by atoms with van der Waals surface area (Å²) in [6.07, 6.45) is 6.40. The molecule has 7 heterocycles. The van der Waals surface area contributed by atoms with Gasteiger partial charge in [0.15, 0.2) is 0 Å². The van der Waals surface area contributed by atoms with Gasteiger partial charge in [0.25, 0.3) is 21.6 Å². The van der Waals surface area contributed by atoms with Crippen molar-refractivity contribution in [1.29, 1.82) is 0 Å². The summed E-state index contributed by atoms with van der Waals surface area (Å²) in [5.74, 6) is -0.573. The number of sulfonamides is 1. The minimum Gasteiger partial charge on any atom is -0.468 e. The summed E-state index contributed by atoms with van der Waals surface area (Å²) >= 11 is 0. The summed E-state index contributed by atoms with van der Waals surface area (Å²) in [4.78, 5) is 40.9. The maximum absolute atomic E-state index is 15.4. The molecule has 3 N–H and O–H groups in total. The Bertz CT molecular complexity index is 2920. The maximum Gasteiger partial charge on any atom is 0.293 e. The van der Waals surface area contributed by atoms with E-state index in [9.17, 15) is 23.3 Å². The van der Waals surface area contributed by atoms with Crippen LogP contribution in [0.25, 0.3) is 11.0 Å². The van der Waals surface area contributed by atoms with Crippen LogP contribution in [-0.4, -0.2) is 123 Å². The smallest absolute Gasteiger partial charge is 0.293 e. The molecule has 17 nitrogen and oxygen atoms in total. The Morgan fingerprint density at radius 1 is 0.943 bits per heavy atom. The van der Waals surface area contributed by atoms with Crippen LogP contribution in [0.2, 0.25) is 0 Å². The minimum atomic E-state index is -4.69. The number of alkyl halides is 1. The fraction of sp³-hybridized carbons (Fsp3) is 0.490. The van der Waals surface area contributed by atoms with E-state index in [2.05, 4.69) is 67.8 Å². The Hall–Kier alpha value is -5.86. The average Bonchev–Trinajstić information content (AvgIpc) is 3.81. The van der Waals surface area contributed by atoms with Gasteiger partial charge >= 0.3 is 0 Å². The SMILES string of the molecule is Cc1ccccc1[C@@H]1COCCN1C1CC2(CCN(c3ccc(C(=O)NS(=O)(=O)c4ccc(NCC5(F)CCOCC5)c([N+](=O)[O-])c4)c(N4c5cc6cc[nH]c6nc5O[C@H]5COCC[C@@H]54)c3)[C@@H](C)C2)C1. The molecule has 2 aromatic heterocycles. The molecule has 70 heavy (non-hydrogen) atoms. The van der Waals surface area contributed by atoms with Crippen molar-refractivity contribution in [3.63, 3.8) is 0 Å². The first kappa shape index (κ1) is 46.5. The van der Waals surface area contributed by atoms with Crippen LogP contribution in [0.4, 0.5) is 32.8 Å². The summed E-state index contributed by atoms with van der Waals surface area (Å²) in [7, 11) is -4.69. The molecule has 0 bridgehead atoms. The number of nitro groups is 1. The summed E-state index contributed by atoms with van der Waals surface area (Å²) < 4.78 is 69.6. The van der Waals surface area contributed by atoms with Crippen molar-refractivity contribution in [2.45, 2.75) is 99.6 Å². The number of fused-ring (bicyclic) bond motifs is 3. The predicted molar refractivity (Wildman–Crippen MR) is 261 cm³/mol. The quantitative estimate of drug-likeness (QED) is 0.0860. The number of aryl methyl sites for hydroxylation is 1. The number of piperidine rings is 1. The number of amides is 1. The normalized spacial score (nSPS) is 26.7. The van der Waals surface area contributed by atoms with Gasteiger partial charge in [-0.2, -0.15) is 4.98 Å². The van der Waals surface area contributed by atoms with Crippen LogP contribution >= 0.6 is 0 Å². The van der Waals surface area contributed by atoms with Gasteiger partial charge in [0, 0.05) is 87.7 Å². The van der Waals surface area contributed by atoms with Crippen molar-refractivity contribution in [3.8, 4) is 5.88 Å². The third-order valence-corrected chi connectivity index (χ3v) is 17.1. The molecule has 5 aliphatic heterocycles. The molecular weight excluding hydrogens is 920 g/mol. The number of pyridine rings is 1. The lowest BCUT2D eigenvalue weighted by Crippen LogP contribution is -2.59. The molecule has 1 saturated carbocycles. The van der Waals surface area contributed by atoms with Crippen molar-refractivity contribution in [1.82, 2.24) is 19.6 Å². The van der Waals surface area contributed by atoms with Gasteiger partial charge in [0.2, 0.25) is 5.88 Å². The van der Waals surface area contributed by atoms with Crippen LogP contribution in [0.3, 0.4) is 0 Å². The van der Waals surface area contributed by atoms with Crippen molar-refractivity contribution in [2.24, 2.45) is 5.41 Å². The molecule has 0 radical (unpaired) electrons. The van der Waals surface area contributed by atoms with E-state index in [1.165, 1.54) is 23.3 Å². The number of nitro benzene ring substituents is 1. The first-order valence-electron chi connectivity index (χ1n) is 24.4. The van der Waals surface area contributed by atoms with E-state index in [0.717, 1.165) is 62.5 Å². The number of aromatic amines is 1. The van der Waals surface area contributed by atoms with Crippen LogP contribution in [0.15, 0.2) is 83.9 Å². The highest BCUT2D eigenvalue weighted by atomic mass is 32.2. The number of nitrogens with one attached hydrogen (secondary N) is 3. The summed E-state index contributed by atoms with van der Waals surface area (Å²) in [6.45, 7) is 8.56. The monoisotopic (exact) mass is 978 g/mol. The number of carbonyl (C=O) groups is 1. The van der Waals surface area contributed by atoms with Crippen molar-refractivity contribution < 1.29 is 41.5 Å². The molecule has 1 aliphatic carbocycles. The van der Waals surface area contributed by atoms with Gasteiger partial charge in [-0.1, -0.05) is 24.3 Å². The van der Waals surface area contributed by atoms with Gasteiger partial charge in [-0.05, 0) is 105 Å². The number of hydrogen-bond acceptors (Lipinski definition) is 14. The molecule has 5 fully saturated rings. The highest BCUT2D eigenvalue weighted by molar-refractivity contribution is 7.90. The Morgan fingerprint density at radius 3 is 2.56 bits per heavy atom. The topological polar surface area (TPSA) is 194 Å². The second-order valence-corrected chi connectivity index (χ2v) is 21.8. The third-order valence-electron chi connectivity index (χ3n) is 15.8. The second kappa shape index (κ2) is 18.4. The van der Waals surface area contributed by atoms with Crippen LogP contribution in [-0.2, 0) is 24.2 Å².